The number of para-hydroxylation sites is 2. The third-order valence-electron chi connectivity index (χ3n) is 5.33. The second kappa shape index (κ2) is 10.0. The molecule has 3 N–H and O–H groups in total. The van der Waals surface area contributed by atoms with Crippen molar-refractivity contribution in [1.82, 2.24) is 5.32 Å². The number of hydrogen-bond acceptors (Lipinski definition) is 5. The Morgan fingerprint density at radius 1 is 0.943 bits per heavy atom. The van der Waals surface area contributed by atoms with Crippen LogP contribution in [0.2, 0.25) is 0 Å². The van der Waals surface area contributed by atoms with Crippen LogP contribution >= 0.6 is 0 Å². The van der Waals surface area contributed by atoms with Crippen molar-refractivity contribution in [2.24, 2.45) is 0 Å². The Labute approximate surface area is 203 Å². The third kappa shape index (κ3) is 6.27. The molecule has 180 valence electrons. The molecular weight excluding hydrogens is 466 g/mol. The molecule has 0 aliphatic heterocycles. The number of carbonyl (C=O) groups is 2. The highest BCUT2D eigenvalue weighted by molar-refractivity contribution is 7.92. The van der Waals surface area contributed by atoms with Crippen LogP contribution in [0, 0.1) is 0 Å². The zero-order chi connectivity index (χ0) is 25.0. The second-order valence-electron chi connectivity index (χ2n) is 8.23. The van der Waals surface area contributed by atoms with E-state index in [0.717, 1.165) is 17.2 Å². The van der Waals surface area contributed by atoms with Crippen LogP contribution < -0.4 is 15.4 Å². The molecule has 0 bridgehead atoms. The highest BCUT2D eigenvalue weighted by atomic mass is 32.2. The van der Waals surface area contributed by atoms with Gasteiger partial charge >= 0.3 is 0 Å². The Bertz CT molecular complexity index is 1440. The largest absolute Gasteiger partial charge is 0.451 e. The van der Waals surface area contributed by atoms with E-state index < -0.39 is 16.1 Å². The molecule has 3 aromatic carbocycles. The summed E-state index contributed by atoms with van der Waals surface area (Å²) >= 11 is 0. The maximum Gasteiger partial charge on any atom is 0.291 e. The Balaban J connectivity index is 1.35. The lowest BCUT2D eigenvalue weighted by atomic mass is 10.1. The van der Waals surface area contributed by atoms with Crippen LogP contribution in [-0.4, -0.2) is 26.5 Å². The summed E-state index contributed by atoms with van der Waals surface area (Å²) in [6.45, 7) is 1.79. The fourth-order valence-electron chi connectivity index (χ4n) is 3.72. The van der Waals surface area contributed by atoms with E-state index in [1.54, 1.807) is 67.6 Å². The van der Waals surface area contributed by atoms with Gasteiger partial charge in [0.25, 0.3) is 5.91 Å². The predicted octanol–water partition coefficient (Wildman–Crippen LogP) is 4.48. The minimum Gasteiger partial charge on any atom is -0.451 e. The first-order valence-electron chi connectivity index (χ1n) is 10.9. The summed E-state index contributed by atoms with van der Waals surface area (Å²) in [5, 5.41) is 6.53. The number of anilines is 2. The molecule has 9 heteroatoms. The van der Waals surface area contributed by atoms with Gasteiger partial charge in [-0.2, -0.15) is 0 Å². The van der Waals surface area contributed by atoms with Gasteiger partial charge in [0.05, 0.1) is 24.4 Å². The average Bonchev–Trinajstić information content (AvgIpc) is 3.24. The van der Waals surface area contributed by atoms with E-state index in [2.05, 4.69) is 15.4 Å². The van der Waals surface area contributed by atoms with Crippen molar-refractivity contribution in [2.75, 3.05) is 16.3 Å². The lowest BCUT2D eigenvalue weighted by Crippen LogP contribution is -2.28. The van der Waals surface area contributed by atoms with Gasteiger partial charge in [-0.15, -0.1) is 0 Å². The molecule has 2 amide bonds. The van der Waals surface area contributed by atoms with Crippen molar-refractivity contribution in [1.29, 1.82) is 0 Å². The molecule has 0 spiro atoms. The summed E-state index contributed by atoms with van der Waals surface area (Å²) in [7, 11) is -3.45. The van der Waals surface area contributed by atoms with Gasteiger partial charge in [-0.05, 0) is 48.4 Å². The molecule has 0 fully saturated rings. The molecule has 0 aliphatic rings. The molecule has 1 atom stereocenters. The molecule has 4 rings (SSSR count). The molecule has 1 heterocycles. The summed E-state index contributed by atoms with van der Waals surface area (Å²) in [5.41, 5.74) is 3.07. The normalized spacial score (nSPS) is 12.2. The van der Waals surface area contributed by atoms with E-state index in [4.69, 9.17) is 4.42 Å². The first-order valence-corrected chi connectivity index (χ1v) is 12.8. The number of furan rings is 1. The van der Waals surface area contributed by atoms with Gasteiger partial charge in [-0.25, -0.2) is 8.42 Å². The zero-order valence-corrected chi connectivity index (χ0v) is 20.1. The van der Waals surface area contributed by atoms with Crippen LogP contribution in [0.4, 0.5) is 11.4 Å². The number of fused-ring (bicyclic) bond motifs is 1. The molecule has 4 aromatic rings. The Hall–Kier alpha value is -4.11. The molecule has 8 nitrogen and oxygen atoms in total. The number of hydrogen-bond donors (Lipinski definition) is 3. The molecule has 0 radical (unpaired) electrons. The fourth-order valence-corrected chi connectivity index (χ4v) is 4.30. The topological polar surface area (TPSA) is 118 Å². The third-order valence-corrected chi connectivity index (χ3v) is 5.92. The van der Waals surface area contributed by atoms with Crippen molar-refractivity contribution < 1.29 is 22.4 Å². The predicted molar refractivity (Wildman–Crippen MR) is 136 cm³/mol. The second-order valence-corrected chi connectivity index (χ2v) is 9.98. The monoisotopic (exact) mass is 491 g/mol. The molecule has 1 unspecified atom stereocenters. The number of carbonyl (C=O) groups excluding carboxylic acids is 2. The zero-order valence-electron chi connectivity index (χ0n) is 19.2. The van der Waals surface area contributed by atoms with Crippen molar-refractivity contribution in [3.8, 4) is 0 Å². The van der Waals surface area contributed by atoms with E-state index in [1.165, 1.54) is 0 Å². The average molecular weight is 492 g/mol. The van der Waals surface area contributed by atoms with E-state index in [1.807, 2.05) is 18.2 Å². The number of rotatable bonds is 8. The lowest BCUT2D eigenvalue weighted by Gasteiger charge is -2.18. The van der Waals surface area contributed by atoms with Gasteiger partial charge in [0.2, 0.25) is 15.9 Å². The van der Waals surface area contributed by atoms with Crippen molar-refractivity contribution in [2.45, 2.75) is 19.4 Å². The Kier molecular flexibility index (Phi) is 6.88. The molecule has 35 heavy (non-hydrogen) atoms. The number of nitrogens with one attached hydrogen (secondary N) is 3. The van der Waals surface area contributed by atoms with Gasteiger partial charge < -0.3 is 15.1 Å². The molecule has 1 aromatic heterocycles. The number of benzene rings is 3. The van der Waals surface area contributed by atoms with Crippen LogP contribution in [0.3, 0.4) is 0 Å². The Morgan fingerprint density at radius 2 is 1.63 bits per heavy atom. The van der Waals surface area contributed by atoms with Crippen LogP contribution in [0.25, 0.3) is 11.0 Å². The minimum atomic E-state index is -3.45. The molecule has 0 aliphatic carbocycles. The first kappa shape index (κ1) is 24.0. The van der Waals surface area contributed by atoms with Crippen molar-refractivity contribution in [3.05, 3.63) is 95.7 Å². The number of sulfonamides is 1. The van der Waals surface area contributed by atoms with Crippen LogP contribution in [0.1, 0.15) is 34.6 Å². The van der Waals surface area contributed by atoms with Gasteiger partial charge in [0, 0.05) is 11.1 Å². The summed E-state index contributed by atoms with van der Waals surface area (Å²) in [5.74, 6) is -0.359. The maximum absolute atomic E-state index is 12.6. The highest BCUT2D eigenvalue weighted by Gasteiger charge is 2.16. The molecule has 0 saturated carbocycles. The SMILES string of the molecule is CC(NC(=O)Cc1ccc(NC(=O)c2cc3ccccc3o2)cc1)c1ccccc1NS(C)(=O)=O. The van der Waals surface area contributed by atoms with Crippen molar-refractivity contribution in [3.63, 3.8) is 0 Å². The van der Waals surface area contributed by atoms with Crippen molar-refractivity contribution >= 4 is 44.2 Å². The van der Waals surface area contributed by atoms with E-state index in [0.29, 0.717) is 22.5 Å². The summed E-state index contributed by atoms with van der Waals surface area (Å²) < 4.78 is 31.3. The quantitative estimate of drug-likeness (QED) is 0.336. The van der Waals surface area contributed by atoms with Gasteiger partial charge in [0.1, 0.15) is 5.58 Å². The first-order chi connectivity index (χ1) is 16.7. The molecular formula is C26H25N3O5S. The summed E-state index contributed by atoms with van der Waals surface area (Å²) in [6.07, 6.45) is 1.21. The highest BCUT2D eigenvalue weighted by Crippen LogP contribution is 2.24. The summed E-state index contributed by atoms with van der Waals surface area (Å²) in [4.78, 5) is 25.1. The van der Waals surface area contributed by atoms with E-state index >= 15 is 0 Å². The molecule has 0 saturated heterocycles. The van der Waals surface area contributed by atoms with Gasteiger partial charge in [-0.3, -0.25) is 14.3 Å². The smallest absolute Gasteiger partial charge is 0.291 e. The Morgan fingerprint density at radius 3 is 2.34 bits per heavy atom. The van der Waals surface area contributed by atoms with Gasteiger partial charge in [-0.1, -0.05) is 48.5 Å². The van der Waals surface area contributed by atoms with Crippen LogP contribution in [-0.2, 0) is 21.2 Å². The summed E-state index contributed by atoms with van der Waals surface area (Å²) in [6, 6.07) is 22.5. The lowest BCUT2D eigenvalue weighted by molar-refractivity contribution is -0.121. The van der Waals surface area contributed by atoms with E-state index in [9.17, 15) is 18.0 Å². The van der Waals surface area contributed by atoms with Crippen LogP contribution in [0.5, 0.6) is 0 Å². The van der Waals surface area contributed by atoms with E-state index in [-0.39, 0.29) is 24.0 Å². The standard InChI is InChI=1S/C26H25N3O5S/c1-17(21-8-4-5-9-22(21)29-35(2,32)33)27-25(30)15-18-11-13-20(14-12-18)28-26(31)24-16-19-7-3-6-10-23(19)34-24/h3-14,16-17,29H,15H2,1-2H3,(H,27,30)(H,28,31). The fraction of sp³-hybridized carbons (Fsp3) is 0.154. The van der Waals surface area contributed by atoms with Gasteiger partial charge in [0.15, 0.2) is 5.76 Å². The van der Waals surface area contributed by atoms with Crippen LogP contribution in [0.15, 0.2) is 83.3 Å². The maximum atomic E-state index is 12.6. The minimum absolute atomic E-state index is 0.129. The number of amides is 2.